The Morgan fingerprint density at radius 3 is 2.53 bits per heavy atom. The third-order valence-electron chi connectivity index (χ3n) is 1.88. The summed E-state index contributed by atoms with van der Waals surface area (Å²) in [5, 5.41) is 9.81. The van der Waals surface area contributed by atoms with E-state index in [4.69, 9.17) is 5.11 Å². The smallest absolute Gasteiger partial charge is 0.116 e. The zero-order chi connectivity index (χ0) is 10.5. The molecule has 0 amide bonds. The zero-order valence-corrected chi connectivity index (χ0v) is 8.81. The van der Waals surface area contributed by atoms with Crippen LogP contribution in [-0.2, 0) is 6.61 Å². The Balaban J connectivity index is 2.11. The van der Waals surface area contributed by atoms with Gasteiger partial charge in [-0.25, -0.2) is 9.97 Å². The van der Waals surface area contributed by atoms with E-state index in [9.17, 15) is 0 Å². The largest absolute Gasteiger partial charge is 0.392 e. The number of rotatable bonds is 3. The summed E-state index contributed by atoms with van der Waals surface area (Å²) in [7, 11) is 0. The molecular weight excluding hydrogens is 208 g/mol. The van der Waals surface area contributed by atoms with Crippen LogP contribution in [-0.4, -0.2) is 15.1 Å². The van der Waals surface area contributed by atoms with Gasteiger partial charge >= 0.3 is 0 Å². The predicted molar refractivity (Wildman–Crippen MR) is 58.5 cm³/mol. The third-order valence-corrected chi connectivity index (χ3v) is 2.84. The summed E-state index contributed by atoms with van der Waals surface area (Å²) in [6.45, 7) is 0.0818. The number of nitrogens with zero attached hydrogens (tertiary/aromatic N) is 2. The molecule has 0 saturated carbocycles. The van der Waals surface area contributed by atoms with Crippen LogP contribution in [0.1, 0.15) is 5.56 Å². The number of aliphatic hydroxyl groups excluding tert-OH is 1. The van der Waals surface area contributed by atoms with Crippen LogP contribution < -0.4 is 0 Å². The lowest BCUT2D eigenvalue weighted by Gasteiger charge is -2.01. The van der Waals surface area contributed by atoms with E-state index in [1.54, 1.807) is 18.0 Å². The fraction of sp³-hybridized carbons (Fsp3) is 0.0909. The number of aromatic nitrogens is 2. The van der Waals surface area contributed by atoms with Gasteiger partial charge in [0.05, 0.1) is 6.61 Å². The quantitative estimate of drug-likeness (QED) is 0.801. The van der Waals surface area contributed by atoms with Crippen molar-refractivity contribution in [3.05, 3.63) is 48.4 Å². The maximum absolute atomic E-state index is 8.89. The molecule has 0 aliphatic rings. The standard InChI is InChI=1S/C11H10N2OS/c14-7-9-1-3-10(4-2-9)15-11-5-6-12-8-13-11/h1-6,8,14H,7H2. The van der Waals surface area contributed by atoms with E-state index >= 15 is 0 Å². The van der Waals surface area contributed by atoms with Crippen LogP contribution in [0.3, 0.4) is 0 Å². The molecule has 0 aliphatic carbocycles. The van der Waals surface area contributed by atoms with Gasteiger partial charge in [-0.3, -0.25) is 0 Å². The van der Waals surface area contributed by atoms with E-state index in [0.29, 0.717) is 0 Å². The number of hydrogen-bond acceptors (Lipinski definition) is 4. The fourth-order valence-electron chi connectivity index (χ4n) is 1.12. The maximum Gasteiger partial charge on any atom is 0.116 e. The minimum absolute atomic E-state index is 0.0818. The first-order valence-electron chi connectivity index (χ1n) is 4.52. The molecular formula is C11H10N2OS. The SMILES string of the molecule is OCc1ccc(Sc2ccncn2)cc1. The lowest BCUT2D eigenvalue weighted by Crippen LogP contribution is -1.83. The first kappa shape index (κ1) is 10.1. The molecule has 4 heteroatoms. The van der Waals surface area contributed by atoms with Crippen LogP contribution in [0, 0.1) is 0 Å². The fourth-order valence-corrected chi connectivity index (χ4v) is 1.86. The monoisotopic (exact) mass is 218 g/mol. The molecule has 0 saturated heterocycles. The first-order valence-corrected chi connectivity index (χ1v) is 5.34. The molecule has 0 fully saturated rings. The summed E-state index contributed by atoms with van der Waals surface area (Å²) in [6, 6.07) is 9.62. The molecule has 76 valence electrons. The Bertz CT molecular complexity index is 416. The molecule has 2 rings (SSSR count). The van der Waals surface area contributed by atoms with Gasteiger partial charge in [-0.2, -0.15) is 0 Å². The highest BCUT2D eigenvalue weighted by molar-refractivity contribution is 7.99. The van der Waals surface area contributed by atoms with Crippen LogP contribution in [0.4, 0.5) is 0 Å². The van der Waals surface area contributed by atoms with Gasteiger partial charge in [0, 0.05) is 11.1 Å². The van der Waals surface area contributed by atoms with Crippen molar-refractivity contribution in [3.63, 3.8) is 0 Å². The van der Waals surface area contributed by atoms with Crippen molar-refractivity contribution in [2.75, 3.05) is 0 Å². The molecule has 3 nitrogen and oxygen atoms in total. The molecule has 1 heterocycles. The number of aliphatic hydroxyl groups is 1. The Morgan fingerprint density at radius 1 is 1.13 bits per heavy atom. The van der Waals surface area contributed by atoms with Crippen molar-refractivity contribution < 1.29 is 5.11 Å². The summed E-state index contributed by atoms with van der Waals surface area (Å²) in [4.78, 5) is 9.08. The summed E-state index contributed by atoms with van der Waals surface area (Å²) in [6.07, 6.45) is 3.25. The molecule has 0 spiro atoms. The minimum Gasteiger partial charge on any atom is -0.392 e. The van der Waals surface area contributed by atoms with Crippen LogP contribution in [0.15, 0.2) is 52.8 Å². The van der Waals surface area contributed by atoms with Gasteiger partial charge in [0.1, 0.15) is 11.4 Å². The molecule has 0 unspecified atom stereocenters. The molecule has 1 aromatic carbocycles. The van der Waals surface area contributed by atoms with Gasteiger partial charge in [0.25, 0.3) is 0 Å². The van der Waals surface area contributed by atoms with Gasteiger partial charge in [-0.05, 0) is 23.8 Å². The highest BCUT2D eigenvalue weighted by Gasteiger charge is 1.97. The molecule has 0 aliphatic heterocycles. The Labute approximate surface area is 92.2 Å². The van der Waals surface area contributed by atoms with Gasteiger partial charge in [-0.15, -0.1) is 0 Å². The van der Waals surface area contributed by atoms with Gasteiger partial charge in [0.15, 0.2) is 0 Å². The molecule has 1 N–H and O–H groups in total. The predicted octanol–water partition coefficient (Wildman–Crippen LogP) is 2.12. The summed E-state index contributed by atoms with van der Waals surface area (Å²) >= 11 is 1.57. The van der Waals surface area contributed by atoms with E-state index in [0.717, 1.165) is 15.5 Å². The van der Waals surface area contributed by atoms with Crippen LogP contribution in [0.5, 0.6) is 0 Å². The second kappa shape index (κ2) is 4.91. The average molecular weight is 218 g/mol. The van der Waals surface area contributed by atoms with E-state index in [2.05, 4.69) is 9.97 Å². The molecule has 0 radical (unpaired) electrons. The summed E-state index contributed by atoms with van der Waals surface area (Å²) in [5.74, 6) is 0. The summed E-state index contributed by atoms with van der Waals surface area (Å²) < 4.78 is 0. The van der Waals surface area contributed by atoms with Crippen molar-refractivity contribution in [1.82, 2.24) is 9.97 Å². The van der Waals surface area contributed by atoms with Gasteiger partial charge < -0.3 is 5.11 Å². The maximum atomic E-state index is 8.89. The molecule has 0 bridgehead atoms. The van der Waals surface area contributed by atoms with Crippen LogP contribution in [0.25, 0.3) is 0 Å². The van der Waals surface area contributed by atoms with Crippen molar-refractivity contribution in [2.45, 2.75) is 16.5 Å². The number of hydrogen-bond donors (Lipinski definition) is 1. The lowest BCUT2D eigenvalue weighted by molar-refractivity contribution is 0.282. The molecule has 1 aromatic heterocycles. The molecule has 15 heavy (non-hydrogen) atoms. The van der Waals surface area contributed by atoms with E-state index in [1.165, 1.54) is 6.33 Å². The van der Waals surface area contributed by atoms with E-state index < -0.39 is 0 Å². The topological polar surface area (TPSA) is 46.0 Å². The van der Waals surface area contributed by atoms with Crippen molar-refractivity contribution in [3.8, 4) is 0 Å². The Kier molecular flexibility index (Phi) is 3.32. The second-order valence-electron chi connectivity index (χ2n) is 2.95. The van der Waals surface area contributed by atoms with Gasteiger partial charge in [-0.1, -0.05) is 23.9 Å². The van der Waals surface area contributed by atoms with Crippen LogP contribution in [0.2, 0.25) is 0 Å². The Hall–Kier alpha value is -1.39. The highest BCUT2D eigenvalue weighted by atomic mass is 32.2. The first-order chi connectivity index (χ1) is 7.38. The van der Waals surface area contributed by atoms with E-state index in [1.807, 2.05) is 30.3 Å². The second-order valence-corrected chi connectivity index (χ2v) is 4.05. The van der Waals surface area contributed by atoms with Crippen molar-refractivity contribution in [1.29, 1.82) is 0 Å². The summed E-state index contributed by atoms with van der Waals surface area (Å²) in [5.41, 5.74) is 0.919. The lowest BCUT2D eigenvalue weighted by atomic mass is 10.2. The molecule has 2 aromatic rings. The Morgan fingerprint density at radius 2 is 1.93 bits per heavy atom. The van der Waals surface area contributed by atoms with Crippen molar-refractivity contribution in [2.24, 2.45) is 0 Å². The highest BCUT2D eigenvalue weighted by Crippen LogP contribution is 2.25. The van der Waals surface area contributed by atoms with Gasteiger partial charge in [0.2, 0.25) is 0 Å². The molecule has 0 atom stereocenters. The zero-order valence-electron chi connectivity index (χ0n) is 8.00. The van der Waals surface area contributed by atoms with Crippen LogP contribution >= 0.6 is 11.8 Å². The van der Waals surface area contributed by atoms with E-state index in [-0.39, 0.29) is 6.61 Å². The van der Waals surface area contributed by atoms with Crippen molar-refractivity contribution >= 4 is 11.8 Å². The minimum atomic E-state index is 0.0818. The normalized spacial score (nSPS) is 10.2. The average Bonchev–Trinajstić information content (AvgIpc) is 2.31. The number of benzene rings is 1. The third kappa shape index (κ3) is 2.78.